The van der Waals surface area contributed by atoms with E-state index in [1.54, 1.807) is 4.90 Å². The van der Waals surface area contributed by atoms with E-state index >= 15 is 0 Å². The van der Waals surface area contributed by atoms with Crippen molar-refractivity contribution in [3.63, 3.8) is 0 Å². The van der Waals surface area contributed by atoms with E-state index in [0.29, 0.717) is 26.0 Å². The first kappa shape index (κ1) is 15.3. The van der Waals surface area contributed by atoms with Crippen LogP contribution in [0.5, 0.6) is 0 Å². The van der Waals surface area contributed by atoms with Crippen molar-refractivity contribution in [3.8, 4) is 0 Å². The lowest BCUT2D eigenvalue weighted by molar-refractivity contribution is -0.150. The fourth-order valence-electron chi connectivity index (χ4n) is 2.71. The van der Waals surface area contributed by atoms with Crippen molar-refractivity contribution in [2.45, 2.75) is 51.5 Å². The maximum atomic E-state index is 12.5. The minimum atomic E-state index is -0.690. The Morgan fingerprint density at radius 1 is 1.30 bits per heavy atom. The second-order valence-corrected chi connectivity index (χ2v) is 5.94. The van der Waals surface area contributed by atoms with Gasteiger partial charge in [0.25, 0.3) is 0 Å². The Morgan fingerprint density at radius 2 is 2.00 bits per heavy atom. The molecule has 5 nitrogen and oxygen atoms in total. The van der Waals surface area contributed by atoms with Crippen LogP contribution >= 0.6 is 0 Å². The zero-order valence-electron chi connectivity index (χ0n) is 12.6. The topological polar surface area (TPSA) is 58.6 Å². The Hall–Kier alpha value is -1.10. The van der Waals surface area contributed by atoms with Crippen LogP contribution in [-0.2, 0) is 14.3 Å². The lowest BCUT2D eigenvalue weighted by atomic mass is 9.89. The molecule has 1 aliphatic heterocycles. The molecule has 0 aromatic heterocycles. The first-order chi connectivity index (χ1) is 9.61. The van der Waals surface area contributed by atoms with Crippen LogP contribution in [0.3, 0.4) is 0 Å². The molecule has 0 aromatic carbocycles. The Labute approximate surface area is 121 Å². The number of nitrogens with zero attached hydrogens (tertiary/aromatic N) is 1. The molecule has 1 saturated heterocycles. The highest BCUT2D eigenvalue weighted by molar-refractivity contribution is 5.97. The molecule has 1 N–H and O–H groups in total. The van der Waals surface area contributed by atoms with Gasteiger partial charge in [-0.1, -0.05) is 13.8 Å². The largest absolute Gasteiger partial charge is 0.381 e. The van der Waals surface area contributed by atoms with Crippen LogP contribution in [0.25, 0.3) is 0 Å². The molecule has 0 aromatic rings. The summed E-state index contributed by atoms with van der Waals surface area (Å²) in [6.07, 6.45) is 4.67. The number of carbonyl (C=O) groups is 2. The van der Waals surface area contributed by atoms with E-state index in [-0.39, 0.29) is 18.4 Å². The molecule has 2 rings (SSSR count). The summed E-state index contributed by atoms with van der Waals surface area (Å²) in [6.45, 7) is 6.21. The Morgan fingerprint density at radius 3 is 2.60 bits per heavy atom. The quantitative estimate of drug-likeness (QED) is 0.683. The summed E-state index contributed by atoms with van der Waals surface area (Å²) in [5.74, 6) is 0.779. The molecular formula is C15H26N2O3. The minimum absolute atomic E-state index is 0.0489. The standard InChI is InChI=1S/C15H26N2O3/c1-3-15(4-2)14(19)17(10-13(18)16-15)8-5-9-20-11-12-6-7-12/h12H,3-11H2,1-2H3,(H,16,18). The van der Waals surface area contributed by atoms with Crippen molar-refractivity contribution in [3.05, 3.63) is 0 Å². The number of hydrogen-bond acceptors (Lipinski definition) is 3. The first-order valence-electron chi connectivity index (χ1n) is 7.79. The van der Waals surface area contributed by atoms with E-state index in [2.05, 4.69) is 5.32 Å². The molecule has 5 heteroatoms. The van der Waals surface area contributed by atoms with Crippen molar-refractivity contribution >= 4 is 11.8 Å². The van der Waals surface area contributed by atoms with Gasteiger partial charge in [0, 0.05) is 19.8 Å². The van der Waals surface area contributed by atoms with E-state index in [0.717, 1.165) is 18.9 Å². The van der Waals surface area contributed by atoms with E-state index in [1.165, 1.54) is 12.8 Å². The van der Waals surface area contributed by atoms with E-state index in [4.69, 9.17) is 4.74 Å². The first-order valence-corrected chi connectivity index (χ1v) is 7.79. The third kappa shape index (κ3) is 3.51. The highest BCUT2D eigenvalue weighted by Crippen LogP contribution is 2.28. The minimum Gasteiger partial charge on any atom is -0.381 e. The fraction of sp³-hybridized carbons (Fsp3) is 0.867. The van der Waals surface area contributed by atoms with Gasteiger partial charge in [0.1, 0.15) is 5.54 Å². The van der Waals surface area contributed by atoms with Gasteiger partial charge in [-0.15, -0.1) is 0 Å². The molecule has 1 aliphatic carbocycles. The highest BCUT2D eigenvalue weighted by Gasteiger charge is 2.43. The summed E-state index contributed by atoms with van der Waals surface area (Å²) in [5, 5.41) is 2.87. The molecule has 2 aliphatic rings. The molecule has 1 saturated carbocycles. The Balaban J connectivity index is 1.79. The van der Waals surface area contributed by atoms with Gasteiger partial charge in [-0.3, -0.25) is 9.59 Å². The molecule has 0 bridgehead atoms. The molecule has 0 radical (unpaired) electrons. The van der Waals surface area contributed by atoms with Crippen LogP contribution in [-0.4, -0.2) is 48.6 Å². The summed E-state index contributed by atoms with van der Waals surface area (Å²) in [6, 6.07) is 0. The molecule has 2 amide bonds. The van der Waals surface area contributed by atoms with Crippen LogP contribution in [0.2, 0.25) is 0 Å². The normalized spacial score (nSPS) is 22.0. The summed E-state index contributed by atoms with van der Waals surface area (Å²) in [7, 11) is 0. The van der Waals surface area contributed by atoms with E-state index < -0.39 is 5.54 Å². The smallest absolute Gasteiger partial charge is 0.248 e. The van der Waals surface area contributed by atoms with Crippen LogP contribution in [0.1, 0.15) is 46.0 Å². The monoisotopic (exact) mass is 282 g/mol. The Bertz CT molecular complexity index is 362. The highest BCUT2D eigenvalue weighted by atomic mass is 16.5. The average molecular weight is 282 g/mol. The van der Waals surface area contributed by atoms with Gasteiger partial charge < -0.3 is 15.0 Å². The Kier molecular flexibility index (Phi) is 5.02. The second-order valence-electron chi connectivity index (χ2n) is 5.94. The third-order valence-corrected chi connectivity index (χ3v) is 4.38. The van der Waals surface area contributed by atoms with E-state index in [1.807, 2.05) is 13.8 Å². The number of amides is 2. The van der Waals surface area contributed by atoms with Crippen molar-refractivity contribution in [1.82, 2.24) is 10.2 Å². The number of carbonyl (C=O) groups excluding carboxylic acids is 2. The molecular weight excluding hydrogens is 256 g/mol. The van der Waals surface area contributed by atoms with Crippen molar-refractivity contribution in [2.75, 3.05) is 26.3 Å². The summed E-state index contributed by atoms with van der Waals surface area (Å²) in [4.78, 5) is 26.0. The van der Waals surface area contributed by atoms with Crippen LogP contribution < -0.4 is 5.32 Å². The summed E-state index contributed by atoms with van der Waals surface area (Å²) in [5.41, 5.74) is -0.690. The summed E-state index contributed by atoms with van der Waals surface area (Å²) >= 11 is 0. The third-order valence-electron chi connectivity index (χ3n) is 4.38. The molecule has 0 atom stereocenters. The van der Waals surface area contributed by atoms with Crippen molar-refractivity contribution < 1.29 is 14.3 Å². The predicted molar refractivity (Wildman–Crippen MR) is 76.2 cm³/mol. The number of rotatable bonds is 8. The second kappa shape index (κ2) is 6.57. The van der Waals surface area contributed by atoms with Gasteiger partial charge in [0.15, 0.2) is 0 Å². The molecule has 0 unspecified atom stereocenters. The molecule has 114 valence electrons. The van der Waals surface area contributed by atoms with Gasteiger partial charge in [-0.05, 0) is 38.0 Å². The van der Waals surface area contributed by atoms with Crippen LogP contribution in [0, 0.1) is 5.92 Å². The van der Waals surface area contributed by atoms with Gasteiger partial charge in [-0.25, -0.2) is 0 Å². The van der Waals surface area contributed by atoms with Gasteiger partial charge in [0.05, 0.1) is 6.54 Å². The maximum Gasteiger partial charge on any atom is 0.248 e. The molecule has 0 spiro atoms. The number of piperazine rings is 1. The molecule has 2 fully saturated rings. The number of nitrogens with one attached hydrogen (secondary N) is 1. The van der Waals surface area contributed by atoms with Crippen LogP contribution in [0.4, 0.5) is 0 Å². The van der Waals surface area contributed by atoms with Crippen molar-refractivity contribution in [2.24, 2.45) is 5.92 Å². The fourth-order valence-corrected chi connectivity index (χ4v) is 2.71. The molecule has 20 heavy (non-hydrogen) atoms. The number of hydrogen-bond donors (Lipinski definition) is 1. The van der Waals surface area contributed by atoms with Gasteiger partial charge in [-0.2, -0.15) is 0 Å². The van der Waals surface area contributed by atoms with Gasteiger partial charge >= 0.3 is 0 Å². The maximum absolute atomic E-state index is 12.5. The van der Waals surface area contributed by atoms with E-state index in [9.17, 15) is 9.59 Å². The summed E-state index contributed by atoms with van der Waals surface area (Å²) < 4.78 is 5.58. The van der Waals surface area contributed by atoms with Gasteiger partial charge in [0.2, 0.25) is 11.8 Å². The molecule has 1 heterocycles. The SMILES string of the molecule is CCC1(CC)NC(=O)CN(CCCOCC2CC2)C1=O. The zero-order chi connectivity index (χ0) is 14.6. The lowest BCUT2D eigenvalue weighted by Crippen LogP contribution is -2.66. The average Bonchev–Trinajstić information content (AvgIpc) is 3.26. The zero-order valence-corrected chi connectivity index (χ0v) is 12.6. The van der Waals surface area contributed by atoms with Crippen LogP contribution in [0.15, 0.2) is 0 Å². The van der Waals surface area contributed by atoms with Crippen molar-refractivity contribution in [1.29, 1.82) is 0 Å². The number of ether oxygens (including phenoxy) is 1. The predicted octanol–water partition coefficient (Wildman–Crippen LogP) is 1.32. The lowest BCUT2D eigenvalue weighted by Gasteiger charge is -2.41.